The van der Waals surface area contributed by atoms with E-state index in [4.69, 9.17) is 0 Å². The summed E-state index contributed by atoms with van der Waals surface area (Å²) in [5.74, 6) is 1.19. The van der Waals surface area contributed by atoms with E-state index in [0.717, 1.165) is 0 Å². The number of hydrogen-bond donors (Lipinski definition) is 0. The quantitative estimate of drug-likeness (QED) is 0.305. The predicted octanol–water partition coefficient (Wildman–Crippen LogP) is 9.55. The van der Waals surface area contributed by atoms with Crippen molar-refractivity contribution in [2.45, 2.75) is 91.9 Å². The second-order valence-corrected chi connectivity index (χ2v) is 9.46. The van der Waals surface area contributed by atoms with Crippen molar-refractivity contribution in [1.29, 1.82) is 0 Å². The Hall–Kier alpha value is -1.82. The second-order valence-electron chi connectivity index (χ2n) is 9.46. The fraction of sp³-hybridized carbons (Fsp3) is 0.533. The molecule has 3 rings (SSSR count). The van der Waals surface area contributed by atoms with Crippen LogP contribution >= 0.6 is 0 Å². The van der Waals surface area contributed by atoms with E-state index in [1.807, 2.05) is 0 Å². The van der Waals surface area contributed by atoms with Gasteiger partial charge in [0.2, 0.25) is 0 Å². The van der Waals surface area contributed by atoms with Crippen LogP contribution in [-0.4, -0.2) is 0 Å². The molecule has 162 valence electrons. The Kier molecular flexibility index (Phi) is 8.79. The van der Waals surface area contributed by atoms with Gasteiger partial charge in [0.25, 0.3) is 0 Å². The number of rotatable bonds is 12. The highest BCUT2D eigenvalue weighted by molar-refractivity contribution is 5.82. The molecule has 2 atom stereocenters. The smallest absolute Gasteiger partial charge is 0.00391 e. The highest BCUT2D eigenvalue weighted by Crippen LogP contribution is 2.36. The van der Waals surface area contributed by atoms with E-state index in [-0.39, 0.29) is 0 Å². The molecule has 0 spiro atoms. The molecule has 1 aromatic carbocycles. The molecule has 0 saturated heterocycles. The van der Waals surface area contributed by atoms with Gasteiger partial charge in [-0.2, -0.15) is 0 Å². The molecule has 0 aromatic heterocycles. The van der Waals surface area contributed by atoms with Crippen LogP contribution in [0.5, 0.6) is 0 Å². The van der Waals surface area contributed by atoms with Gasteiger partial charge in [-0.3, -0.25) is 0 Å². The Morgan fingerprint density at radius 3 is 1.33 bits per heavy atom. The van der Waals surface area contributed by atoms with E-state index >= 15 is 0 Å². The summed E-state index contributed by atoms with van der Waals surface area (Å²) in [5.41, 5.74) is 8.80. The lowest BCUT2D eigenvalue weighted by Crippen LogP contribution is -1.91. The molecule has 2 aliphatic carbocycles. The van der Waals surface area contributed by atoms with E-state index in [2.05, 4.69) is 76.3 Å². The molecule has 0 saturated carbocycles. The Bertz CT molecular complexity index is 728. The van der Waals surface area contributed by atoms with Gasteiger partial charge in [0, 0.05) is 0 Å². The van der Waals surface area contributed by atoms with Gasteiger partial charge in [-0.15, -0.1) is 0 Å². The van der Waals surface area contributed by atoms with Gasteiger partial charge in [0.1, 0.15) is 0 Å². The molecule has 0 fully saturated rings. The van der Waals surface area contributed by atoms with Crippen molar-refractivity contribution in [3.63, 3.8) is 0 Å². The van der Waals surface area contributed by atoms with E-state index in [9.17, 15) is 0 Å². The van der Waals surface area contributed by atoms with Crippen LogP contribution in [0.15, 0.2) is 59.7 Å². The fourth-order valence-electron chi connectivity index (χ4n) is 4.84. The monoisotopic (exact) mass is 402 g/mol. The molecule has 0 amide bonds. The Morgan fingerprint density at radius 1 is 0.567 bits per heavy atom. The summed E-state index contributed by atoms with van der Waals surface area (Å²) in [6, 6.07) is 9.29. The third-order valence-electron chi connectivity index (χ3n) is 6.90. The molecule has 2 unspecified atom stereocenters. The van der Waals surface area contributed by atoms with Crippen LogP contribution in [0.4, 0.5) is 0 Å². The third-order valence-corrected chi connectivity index (χ3v) is 6.90. The minimum Gasteiger partial charge on any atom is -0.0697 e. The lowest BCUT2D eigenvalue weighted by atomic mass is 9.99. The first-order valence-corrected chi connectivity index (χ1v) is 12.6. The molecular weight excluding hydrogens is 360 g/mol. The maximum absolute atomic E-state index is 2.46. The van der Waals surface area contributed by atoms with Gasteiger partial charge in [-0.05, 0) is 59.8 Å². The van der Waals surface area contributed by atoms with E-state index in [1.165, 1.54) is 86.5 Å². The first-order valence-electron chi connectivity index (χ1n) is 12.6. The maximum Gasteiger partial charge on any atom is -0.00391 e. The topological polar surface area (TPSA) is 0 Å². The van der Waals surface area contributed by atoms with Gasteiger partial charge < -0.3 is 0 Å². The van der Waals surface area contributed by atoms with Crippen molar-refractivity contribution in [3.05, 3.63) is 70.8 Å². The van der Waals surface area contributed by atoms with Crippen molar-refractivity contribution in [3.8, 4) is 0 Å². The van der Waals surface area contributed by atoms with Gasteiger partial charge in [-0.1, -0.05) is 126 Å². The van der Waals surface area contributed by atoms with Gasteiger partial charge >= 0.3 is 0 Å². The van der Waals surface area contributed by atoms with E-state index in [0.29, 0.717) is 11.8 Å². The van der Waals surface area contributed by atoms with Crippen LogP contribution < -0.4 is 0 Å². The standard InChI is InChI=1S/C30H42/c1-5-7-9-11-13-27-21-29(19-23(27)3)25-15-17-26(18-16-25)30-20-24(4)28(22-30)14-12-10-8-6-2/h15-24H,5-14H2,1-4H3. The van der Waals surface area contributed by atoms with Gasteiger partial charge in [-0.25, -0.2) is 0 Å². The number of allylic oxidation sites excluding steroid dienone is 8. The number of benzene rings is 1. The Balaban J connectivity index is 1.60. The molecule has 0 heteroatoms. The number of hydrogen-bond acceptors (Lipinski definition) is 0. The lowest BCUT2D eigenvalue weighted by molar-refractivity contribution is 0.644. The van der Waals surface area contributed by atoms with Crippen molar-refractivity contribution >= 4 is 11.1 Å². The molecule has 2 aliphatic rings. The molecule has 30 heavy (non-hydrogen) atoms. The average Bonchev–Trinajstić information content (AvgIpc) is 3.31. The zero-order chi connectivity index (χ0) is 21.3. The molecule has 0 radical (unpaired) electrons. The Labute approximate surface area is 185 Å². The van der Waals surface area contributed by atoms with Crippen LogP contribution in [0.3, 0.4) is 0 Å². The Morgan fingerprint density at radius 2 is 0.967 bits per heavy atom. The van der Waals surface area contributed by atoms with Gasteiger partial charge in [0.15, 0.2) is 0 Å². The highest BCUT2D eigenvalue weighted by Gasteiger charge is 2.17. The third kappa shape index (κ3) is 6.10. The molecule has 0 aliphatic heterocycles. The maximum atomic E-state index is 2.46. The molecule has 0 heterocycles. The summed E-state index contributed by atoms with van der Waals surface area (Å²) in [4.78, 5) is 0. The van der Waals surface area contributed by atoms with Crippen molar-refractivity contribution in [1.82, 2.24) is 0 Å². The largest absolute Gasteiger partial charge is 0.0697 e. The second kappa shape index (κ2) is 11.5. The summed E-state index contributed by atoms with van der Waals surface area (Å²) in [6.07, 6.45) is 23.1. The molecule has 0 N–H and O–H groups in total. The summed E-state index contributed by atoms with van der Waals surface area (Å²) >= 11 is 0. The fourth-order valence-corrected chi connectivity index (χ4v) is 4.84. The van der Waals surface area contributed by atoms with Crippen molar-refractivity contribution in [2.75, 3.05) is 0 Å². The molecular formula is C30H42. The van der Waals surface area contributed by atoms with Crippen molar-refractivity contribution < 1.29 is 0 Å². The minimum absolute atomic E-state index is 0.595. The normalized spacial score (nSPS) is 20.8. The van der Waals surface area contributed by atoms with Crippen LogP contribution in [0.1, 0.15) is 103 Å². The van der Waals surface area contributed by atoms with E-state index in [1.54, 1.807) is 11.1 Å². The van der Waals surface area contributed by atoms with E-state index < -0.39 is 0 Å². The number of unbranched alkanes of at least 4 members (excludes halogenated alkanes) is 6. The van der Waals surface area contributed by atoms with Crippen LogP contribution in [0.25, 0.3) is 11.1 Å². The molecule has 1 aromatic rings. The zero-order valence-corrected chi connectivity index (χ0v) is 19.8. The first kappa shape index (κ1) is 22.9. The summed E-state index contributed by atoms with van der Waals surface area (Å²) in [7, 11) is 0. The highest BCUT2D eigenvalue weighted by atomic mass is 14.2. The average molecular weight is 403 g/mol. The van der Waals surface area contributed by atoms with Crippen LogP contribution in [0.2, 0.25) is 0 Å². The summed E-state index contributed by atoms with van der Waals surface area (Å²) in [5, 5.41) is 0. The molecule has 0 bridgehead atoms. The molecule has 0 nitrogen and oxygen atoms in total. The minimum atomic E-state index is 0.595. The van der Waals surface area contributed by atoms with Crippen LogP contribution in [-0.2, 0) is 0 Å². The van der Waals surface area contributed by atoms with Crippen molar-refractivity contribution in [2.24, 2.45) is 11.8 Å². The van der Waals surface area contributed by atoms with Gasteiger partial charge in [0.05, 0.1) is 0 Å². The predicted molar refractivity (Wildman–Crippen MR) is 134 cm³/mol. The zero-order valence-electron chi connectivity index (χ0n) is 19.8. The summed E-state index contributed by atoms with van der Waals surface area (Å²) in [6.45, 7) is 9.27. The SMILES string of the molecule is CCCCCCC1=CC(c2ccc(C3=CC(C)C(CCCCCC)=C3)cc2)=CC1C. The lowest BCUT2D eigenvalue weighted by Gasteiger charge is -2.07. The van der Waals surface area contributed by atoms with Crippen LogP contribution in [0, 0.1) is 11.8 Å². The summed E-state index contributed by atoms with van der Waals surface area (Å²) < 4.78 is 0. The first-order chi connectivity index (χ1) is 14.6.